The smallest absolute Gasteiger partial charge is 0.122 e. The number of hydrogen-bond donors (Lipinski definition) is 1. The van der Waals surface area contributed by atoms with Crippen LogP contribution in [-0.4, -0.2) is 5.11 Å². The molecular formula is C20H25ClO. The van der Waals surface area contributed by atoms with Crippen molar-refractivity contribution in [1.29, 1.82) is 0 Å². The molecule has 1 rings (SSSR count). The third kappa shape index (κ3) is 5.95. The predicted molar refractivity (Wildman–Crippen MR) is 98.2 cm³/mol. The summed E-state index contributed by atoms with van der Waals surface area (Å²) in [5.74, 6) is 0.177. The summed E-state index contributed by atoms with van der Waals surface area (Å²) in [6, 6.07) is 7.62. The molecule has 1 nitrogen and oxygen atoms in total. The molecule has 1 aromatic rings. The van der Waals surface area contributed by atoms with Gasteiger partial charge in [0, 0.05) is 10.6 Å². The number of hydrogen-bond acceptors (Lipinski definition) is 1. The Balaban J connectivity index is 2.82. The van der Waals surface area contributed by atoms with Gasteiger partial charge in [0.15, 0.2) is 0 Å². The van der Waals surface area contributed by atoms with Crippen LogP contribution in [0.3, 0.4) is 0 Å². The van der Waals surface area contributed by atoms with Crippen molar-refractivity contribution < 1.29 is 5.11 Å². The Hall–Kier alpha value is -1.73. The van der Waals surface area contributed by atoms with Crippen LogP contribution in [0.4, 0.5) is 0 Å². The van der Waals surface area contributed by atoms with Crippen LogP contribution in [-0.2, 0) is 0 Å². The lowest BCUT2D eigenvalue weighted by Crippen LogP contribution is -2.04. The van der Waals surface area contributed by atoms with Crippen molar-refractivity contribution in [3.63, 3.8) is 0 Å². The number of aliphatic hydroxyl groups excluding tert-OH is 1. The van der Waals surface area contributed by atoms with Gasteiger partial charge in [-0.3, -0.25) is 0 Å². The number of rotatable bonds is 6. The summed E-state index contributed by atoms with van der Waals surface area (Å²) >= 11 is 5.88. The molecule has 0 saturated carbocycles. The number of halogens is 1. The van der Waals surface area contributed by atoms with Crippen molar-refractivity contribution in [2.24, 2.45) is 5.41 Å². The molecule has 1 N–H and O–H groups in total. The molecule has 118 valence electrons. The van der Waals surface area contributed by atoms with E-state index >= 15 is 0 Å². The summed E-state index contributed by atoms with van der Waals surface area (Å²) in [7, 11) is 0. The van der Waals surface area contributed by atoms with Crippen molar-refractivity contribution in [2.75, 3.05) is 0 Å². The molecule has 0 fully saturated rings. The highest BCUT2D eigenvalue weighted by atomic mass is 35.5. The third-order valence-electron chi connectivity index (χ3n) is 3.77. The maximum Gasteiger partial charge on any atom is 0.122 e. The Morgan fingerprint density at radius 1 is 1.23 bits per heavy atom. The van der Waals surface area contributed by atoms with E-state index in [9.17, 15) is 5.11 Å². The van der Waals surface area contributed by atoms with Crippen LogP contribution in [0, 0.1) is 5.41 Å². The molecule has 0 aliphatic heterocycles. The van der Waals surface area contributed by atoms with E-state index in [0.717, 1.165) is 17.6 Å². The van der Waals surface area contributed by atoms with E-state index in [0.29, 0.717) is 10.6 Å². The highest BCUT2D eigenvalue weighted by Crippen LogP contribution is 2.23. The SMILES string of the molecule is C=C(/C=C/C(C)(C)CC)/C(O)=C\C=C(/C)c1ccc(Cl)cc1. The highest BCUT2D eigenvalue weighted by molar-refractivity contribution is 6.30. The monoisotopic (exact) mass is 316 g/mol. The summed E-state index contributed by atoms with van der Waals surface area (Å²) in [5.41, 5.74) is 2.84. The lowest BCUT2D eigenvalue weighted by molar-refractivity contribution is 0.425. The number of allylic oxidation sites excluding steroid dienone is 5. The molecule has 2 heteroatoms. The maximum absolute atomic E-state index is 10.1. The number of aliphatic hydroxyl groups is 1. The first-order valence-electron chi connectivity index (χ1n) is 7.47. The molecule has 1 aromatic carbocycles. The zero-order valence-corrected chi connectivity index (χ0v) is 14.6. The van der Waals surface area contributed by atoms with Crippen molar-refractivity contribution >= 4 is 17.2 Å². The zero-order chi connectivity index (χ0) is 16.8. The molecule has 0 aliphatic rings. The molecule has 0 heterocycles. The van der Waals surface area contributed by atoms with E-state index in [4.69, 9.17) is 11.6 Å². The second kappa shape index (κ2) is 8.05. The molecule has 0 aromatic heterocycles. The average molecular weight is 317 g/mol. The second-order valence-electron chi connectivity index (χ2n) is 6.11. The Kier molecular flexibility index (Phi) is 6.70. The minimum Gasteiger partial charge on any atom is -0.507 e. The van der Waals surface area contributed by atoms with E-state index in [1.54, 1.807) is 6.08 Å². The number of benzene rings is 1. The summed E-state index contributed by atoms with van der Waals surface area (Å²) in [5, 5.41) is 10.8. The third-order valence-corrected chi connectivity index (χ3v) is 4.02. The van der Waals surface area contributed by atoms with Gasteiger partial charge in [0.2, 0.25) is 0 Å². The quantitative estimate of drug-likeness (QED) is 0.455. The molecule has 0 aliphatic carbocycles. The Morgan fingerprint density at radius 3 is 2.36 bits per heavy atom. The average Bonchev–Trinajstić information content (AvgIpc) is 2.50. The van der Waals surface area contributed by atoms with Crippen molar-refractivity contribution in [3.05, 3.63) is 77.1 Å². The molecule has 0 unspecified atom stereocenters. The standard InChI is InChI=1S/C20H25ClO/c1-6-20(4,5)14-13-16(3)19(22)12-7-15(2)17-8-10-18(21)11-9-17/h7-14,22H,3,6H2,1-2,4-5H3/b14-13+,15-7+,19-12+. The van der Waals surface area contributed by atoms with Gasteiger partial charge in [0.25, 0.3) is 0 Å². The minimum atomic E-state index is 0.109. The second-order valence-corrected chi connectivity index (χ2v) is 6.55. The Labute approximate surface area is 139 Å². The van der Waals surface area contributed by atoms with Gasteiger partial charge in [-0.1, -0.05) is 69.3 Å². The fourth-order valence-electron chi connectivity index (χ4n) is 1.65. The first-order valence-corrected chi connectivity index (χ1v) is 7.85. The van der Waals surface area contributed by atoms with Gasteiger partial charge in [0.1, 0.15) is 5.76 Å². The molecule has 0 atom stereocenters. The molecule has 0 radical (unpaired) electrons. The largest absolute Gasteiger partial charge is 0.507 e. The van der Waals surface area contributed by atoms with Gasteiger partial charge >= 0.3 is 0 Å². The first-order chi connectivity index (χ1) is 10.2. The lowest BCUT2D eigenvalue weighted by atomic mass is 9.89. The van der Waals surface area contributed by atoms with Gasteiger partial charge in [-0.2, -0.15) is 0 Å². The van der Waals surface area contributed by atoms with Crippen molar-refractivity contribution in [1.82, 2.24) is 0 Å². The summed E-state index contributed by atoms with van der Waals surface area (Å²) in [6.07, 6.45) is 8.55. The van der Waals surface area contributed by atoms with E-state index in [2.05, 4.69) is 33.4 Å². The summed E-state index contributed by atoms with van der Waals surface area (Å²) in [6.45, 7) is 12.3. The topological polar surface area (TPSA) is 20.2 Å². The molecule has 0 bridgehead atoms. The predicted octanol–water partition coefficient (Wildman–Crippen LogP) is 6.73. The molecule has 0 amide bonds. The molecule has 0 spiro atoms. The van der Waals surface area contributed by atoms with Crippen molar-refractivity contribution in [3.8, 4) is 0 Å². The summed E-state index contributed by atoms with van der Waals surface area (Å²) in [4.78, 5) is 0. The van der Waals surface area contributed by atoms with Crippen LogP contribution in [0.5, 0.6) is 0 Å². The van der Waals surface area contributed by atoms with Crippen LogP contribution in [0.1, 0.15) is 39.7 Å². The van der Waals surface area contributed by atoms with Crippen molar-refractivity contribution in [2.45, 2.75) is 34.1 Å². The van der Waals surface area contributed by atoms with Gasteiger partial charge in [-0.15, -0.1) is 0 Å². The van der Waals surface area contributed by atoms with Crippen LogP contribution >= 0.6 is 11.6 Å². The maximum atomic E-state index is 10.1. The Morgan fingerprint density at radius 2 is 1.82 bits per heavy atom. The van der Waals surface area contributed by atoms with Gasteiger partial charge in [-0.05, 0) is 48.1 Å². The van der Waals surface area contributed by atoms with Crippen LogP contribution in [0.15, 0.2) is 66.5 Å². The fourth-order valence-corrected chi connectivity index (χ4v) is 1.78. The van der Waals surface area contributed by atoms with Crippen LogP contribution in [0.2, 0.25) is 5.02 Å². The van der Waals surface area contributed by atoms with E-state index in [-0.39, 0.29) is 11.2 Å². The Bertz CT molecular complexity index is 601. The van der Waals surface area contributed by atoms with Gasteiger partial charge in [0.05, 0.1) is 0 Å². The van der Waals surface area contributed by atoms with E-state index in [1.165, 1.54) is 0 Å². The zero-order valence-electron chi connectivity index (χ0n) is 13.9. The molecule has 0 saturated heterocycles. The first kappa shape index (κ1) is 18.3. The highest BCUT2D eigenvalue weighted by Gasteiger charge is 2.09. The van der Waals surface area contributed by atoms with Gasteiger partial charge in [-0.25, -0.2) is 0 Å². The lowest BCUT2D eigenvalue weighted by Gasteiger charge is -2.16. The molecular weight excluding hydrogens is 292 g/mol. The van der Waals surface area contributed by atoms with E-state index in [1.807, 2.05) is 43.3 Å². The van der Waals surface area contributed by atoms with E-state index < -0.39 is 0 Å². The van der Waals surface area contributed by atoms with Gasteiger partial charge < -0.3 is 5.11 Å². The fraction of sp³-hybridized carbons (Fsp3) is 0.300. The van der Waals surface area contributed by atoms with Crippen LogP contribution in [0.25, 0.3) is 5.57 Å². The molecule has 22 heavy (non-hydrogen) atoms. The normalized spacial score (nSPS) is 13.7. The summed E-state index contributed by atoms with van der Waals surface area (Å²) < 4.78 is 0. The van der Waals surface area contributed by atoms with Crippen LogP contribution < -0.4 is 0 Å². The minimum absolute atomic E-state index is 0.109.